The van der Waals surface area contributed by atoms with E-state index >= 15 is 0 Å². The Hall–Kier alpha value is -2.31. The van der Waals surface area contributed by atoms with Crippen molar-refractivity contribution in [2.45, 2.75) is 13.0 Å². The minimum absolute atomic E-state index is 0.00357. The standard InChI is InChI=1S/C18H20ClFN2O3/c1-11(12-6-4-5-7-14(12)20)21-10-18(23)22-15-9-16(24-2)13(19)8-17(15)25-3/h4-9,11,21H,10H2,1-3H3,(H,22,23). The molecule has 1 unspecified atom stereocenters. The first-order valence-electron chi connectivity index (χ1n) is 7.65. The van der Waals surface area contributed by atoms with Crippen LogP contribution in [0.3, 0.4) is 0 Å². The Labute approximate surface area is 151 Å². The lowest BCUT2D eigenvalue weighted by molar-refractivity contribution is -0.115. The number of amides is 1. The zero-order valence-corrected chi connectivity index (χ0v) is 15.0. The molecule has 0 saturated carbocycles. The van der Waals surface area contributed by atoms with E-state index in [2.05, 4.69) is 10.6 Å². The molecule has 0 bridgehead atoms. The van der Waals surface area contributed by atoms with Gasteiger partial charge in [-0.2, -0.15) is 0 Å². The Kier molecular flexibility index (Phi) is 6.61. The fourth-order valence-corrected chi connectivity index (χ4v) is 2.57. The van der Waals surface area contributed by atoms with Crippen LogP contribution >= 0.6 is 11.6 Å². The third kappa shape index (κ3) is 4.84. The molecular weight excluding hydrogens is 347 g/mol. The quantitative estimate of drug-likeness (QED) is 0.782. The molecule has 7 heteroatoms. The van der Waals surface area contributed by atoms with Crippen molar-refractivity contribution in [2.24, 2.45) is 0 Å². The summed E-state index contributed by atoms with van der Waals surface area (Å²) in [6.07, 6.45) is 0. The number of methoxy groups -OCH3 is 2. The van der Waals surface area contributed by atoms with Crippen molar-refractivity contribution >= 4 is 23.2 Å². The highest BCUT2D eigenvalue weighted by molar-refractivity contribution is 6.32. The highest BCUT2D eigenvalue weighted by Crippen LogP contribution is 2.35. The maximum absolute atomic E-state index is 13.7. The van der Waals surface area contributed by atoms with Crippen molar-refractivity contribution in [3.63, 3.8) is 0 Å². The highest BCUT2D eigenvalue weighted by Gasteiger charge is 2.14. The number of halogens is 2. The second-order valence-corrected chi connectivity index (χ2v) is 5.77. The predicted molar refractivity (Wildman–Crippen MR) is 96.0 cm³/mol. The molecule has 0 aliphatic carbocycles. The van der Waals surface area contributed by atoms with Crippen LogP contribution in [0.5, 0.6) is 11.5 Å². The summed E-state index contributed by atoms with van der Waals surface area (Å²) in [4.78, 5) is 12.2. The number of hydrogen-bond donors (Lipinski definition) is 2. The number of rotatable bonds is 7. The van der Waals surface area contributed by atoms with E-state index in [0.717, 1.165) is 0 Å². The number of nitrogens with one attached hydrogen (secondary N) is 2. The van der Waals surface area contributed by atoms with Gasteiger partial charge in [-0.05, 0) is 13.0 Å². The molecule has 0 heterocycles. The molecule has 0 saturated heterocycles. The van der Waals surface area contributed by atoms with Gasteiger partial charge in [0, 0.05) is 23.7 Å². The molecule has 0 aliphatic heterocycles. The Morgan fingerprint density at radius 2 is 1.88 bits per heavy atom. The maximum Gasteiger partial charge on any atom is 0.238 e. The second kappa shape index (κ2) is 8.69. The van der Waals surface area contributed by atoms with Gasteiger partial charge >= 0.3 is 0 Å². The molecule has 0 aliphatic rings. The summed E-state index contributed by atoms with van der Waals surface area (Å²) in [6.45, 7) is 1.79. The van der Waals surface area contributed by atoms with Crippen LogP contribution in [0.25, 0.3) is 0 Å². The molecule has 2 aromatic rings. The smallest absolute Gasteiger partial charge is 0.238 e. The van der Waals surface area contributed by atoms with Crippen LogP contribution in [-0.2, 0) is 4.79 Å². The molecule has 0 spiro atoms. The van der Waals surface area contributed by atoms with Gasteiger partial charge in [0.1, 0.15) is 17.3 Å². The van der Waals surface area contributed by atoms with Gasteiger partial charge < -0.3 is 20.1 Å². The molecule has 0 fully saturated rings. The van der Waals surface area contributed by atoms with E-state index in [9.17, 15) is 9.18 Å². The van der Waals surface area contributed by atoms with Crippen LogP contribution < -0.4 is 20.1 Å². The number of anilines is 1. The summed E-state index contributed by atoms with van der Waals surface area (Å²) in [5.41, 5.74) is 0.940. The van der Waals surface area contributed by atoms with Gasteiger partial charge in [0.15, 0.2) is 0 Å². The molecule has 2 N–H and O–H groups in total. The van der Waals surface area contributed by atoms with E-state index in [1.807, 2.05) is 0 Å². The summed E-state index contributed by atoms with van der Waals surface area (Å²) in [6, 6.07) is 9.27. The fraction of sp³-hybridized carbons (Fsp3) is 0.278. The van der Waals surface area contributed by atoms with E-state index in [1.54, 1.807) is 37.3 Å². The van der Waals surface area contributed by atoms with Crippen LogP contribution in [0.1, 0.15) is 18.5 Å². The van der Waals surface area contributed by atoms with Gasteiger partial charge in [0.05, 0.1) is 31.5 Å². The normalized spacial score (nSPS) is 11.7. The van der Waals surface area contributed by atoms with Crippen molar-refractivity contribution in [1.82, 2.24) is 5.32 Å². The van der Waals surface area contributed by atoms with Crippen LogP contribution in [0, 0.1) is 5.82 Å². The van der Waals surface area contributed by atoms with Crippen LogP contribution in [-0.4, -0.2) is 26.7 Å². The lowest BCUT2D eigenvalue weighted by Gasteiger charge is -2.16. The molecular formula is C18H20ClFN2O3. The van der Waals surface area contributed by atoms with Gasteiger partial charge in [0.2, 0.25) is 5.91 Å². The molecule has 1 atom stereocenters. The third-order valence-electron chi connectivity index (χ3n) is 3.69. The molecule has 1 amide bonds. The number of benzene rings is 2. The predicted octanol–water partition coefficient (Wildman–Crippen LogP) is 3.79. The van der Waals surface area contributed by atoms with E-state index in [0.29, 0.717) is 27.8 Å². The first-order chi connectivity index (χ1) is 12.0. The topological polar surface area (TPSA) is 59.6 Å². The average molecular weight is 367 g/mol. The molecule has 2 aromatic carbocycles. The zero-order valence-electron chi connectivity index (χ0n) is 14.2. The monoisotopic (exact) mass is 366 g/mol. The summed E-state index contributed by atoms with van der Waals surface area (Å²) in [5, 5.41) is 6.09. The molecule has 5 nitrogen and oxygen atoms in total. The van der Waals surface area contributed by atoms with Gasteiger partial charge in [-0.15, -0.1) is 0 Å². The third-order valence-corrected chi connectivity index (χ3v) is 3.98. The van der Waals surface area contributed by atoms with Gasteiger partial charge in [0.25, 0.3) is 0 Å². The summed E-state index contributed by atoms with van der Waals surface area (Å²) in [7, 11) is 2.96. The largest absolute Gasteiger partial charge is 0.495 e. The van der Waals surface area contributed by atoms with Crippen LogP contribution in [0.15, 0.2) is 36.4 Å². The highest BCUT2D eigenvalue weighted by atomic mass is 35.5. The van der Waals surface area contributed by atoms with E-state index in [4.69, 9.17) is 21.1 Å². The molecule has 25 heavy (non-hydrogen) atoms. The van der Waals surface area contributed by atoms with Crippen LogP contribution in [0.4, 0.5) is 10.1 Å². The van der Waals surface area contributed by atoms with Crippen molar-refractivity contribution in [3.05, 3.63) is 52.8 Å². The Morgan fingerprint density at radius 1 is 1.20 bits per heavy atom. The van der Waals surface area contributed by atoms with Crippen molar-refractivity contribution in [3.8, 4) is 11.5 Å². The van der Waals surface area contributed by atoms with Gasteiger partial charge in [-0.3, -0.25) is 4.79 Å². The Morgan fingerprint density at radius 3 is 2.52 bits per heavy atom. The van der Waals surface area contributed by atoms with Crippen LogP contribution in [0.2, 0.25) is 5.02 Å². The average Bonchev–Trinajstić information content (AvgIpc) is 2.61. The Bertz CT molecular complexity index is 755. The number of hydrogen-bond acceptors (Lipinski definition) is 4. The lowest BCUT2D eigenvalue weighted by Crippen LogP contribution is -2.30. The summed E-state index contributed by atoms with van der Waals surface area (Å²) in [5.74, 6) is 0.227. The number of carbonyl (C=O) groups is 1. The SMILES string of the molecule is COc1cc(NC(=O)CNC(C)c2ccccc2F)c(OC)cc1Cl. The van der Waals surface area contributed by atoms with Gasteiger partial charge in [-0.1, -0.05) is 29.8 Å². The van der Waals surface area contributed by atoms with E-state index in [-0.39, 0.29) is 24.3 Å². The number of ether oxygens (including phenoxy) is 2. The van der Waals surface area contributed by atoms with Gasteiger partial charge in [-0.25, -0.2) is 4.39 Å². The minimum Gasteiger partial charge on any atom is -0.495 e. The molecule has 134 valence electrons. The van der Waals surface area contributed by atoms with E-state index < -0.39 is 0 Å². The zero-order chi connectivity index (χ0) is 18.4. The Balaban J connectivity index is 2.02. The van der Waals surface area contributed by atoms with Crippen molar-refractivity contribution in [1.29, 1.82) is 0 Å². The minimum atomic E-state index is -0.313. The van der Waals surface area contributed by atoms with Crippen molar-refractivity contribution in [2.75, 3.05) is 26.1 Å². The summed E-state index contributed by atoms with van der Waals surface area (Å²) >= 11 is 6.04. The lowest BCUT2D eigenvalue weighted by atomic mass is 10.1. The molecule has 0 aromatic heterocycles. The summed E-state index contributed by atoms with van der Waals surface area (Å²) < 4.78 is 24.1. The fourth-order valence-electron chi connectivity index (χ4n) is 2.33. The first kappa shape index (κ1) is 19.0. The first-order valence-corrected chi connectivity index (χ1v) is 8.03. The maximum atomic E-state index is 13.7. The van der Waals surface area contributed by atoms with Crippen molar-refractivity contribution < 1.29 is 18.7 Å². The number of carbonyl (C=O) groups excluding carboxylic acids is 1. The second-order valence-electron chi connectivity index (χ2n) is 5.36. The molecule has 0 radical (unpaired) electrons. The molecule has 2 rings (SSSR count). The van der Waals surface area contributed by atoms with E-state index in [1.165, 1.54) is 20.3 Å².